The highest BCUT2D eigenvalue weighted by atomic mass is 17.0. The first kappa shape index (κ1) is 12.4. The van der Waals surface area contributed by atoms with Gasteiger partial charge in [0.15, 0.2) is 0 Å². The topological polar surface area (TPSA) is 155 Å². The molecule has 0 amide bonds. The summed E-state index contributed by atoms with van der Waals surface area (Å²) in [4.78, 5) is 42.0. The van der Waals surface area contributed by atoms with Gasteiger partial charge in [-0.25, -0.2) is 19.2 Å². The first-order valence-electron chi connectivity index (χ1n) is 3.74. The van der Waals surface area contributed by atoms with E-state index in [0.29, 0.717) is 0 Å². The van der Waals surface area contributed by atoms with Gasteiger partial charge in [-0.05, 0) is 0 Å². The zero-order valence-electron chi connectivity index (χ0n) is 7.78. The summed E-state index contributed by atoms with van der Waals surface area (Å²) in [6.07, 6.45) is -7.33. The molecule has 0 aromatic carbocycles. The van der Waals surface area contributed by atoms with E-state index in [4.69, 9.17) is 10.2 Å². The average molecular weight is 252 g/mol. The summed E-state index contributed by atoms with van der Waals surface area (Å²) in [5.74, 6) is -2.96. The second-order valence-electron chi connectivity index (χ2n) is 2.41. The molecule has 1 aliphatic heterocycles. The number of ether oxygens (including phenoxy) is 5. The normalized spacial score (nSPS) is 17.9. The van der Waals surface area contributed by atoms with E-state index in [1.54, 1.807) is 0 Å². The molecule has 0 bridgehead atoms. The Hall–Kier alpha value is -2.72. The van der Waals surface area contributed by atoms with Gasteiger partial charge in [-0.1, -0.05) is 0 Å². The number of hydrogen-bond donors (Lipinski definition) is 2. The monoisotopic (exact) mass is 252 g/mol. The van der Waals surface area contributed by atoms with Crippen LogP contribution < -0.4 is 0 Å². The van der Waals surface area contributed by atoms with Crippen molar-refractivity contribution in [2.45, 2.75) is 5.97 Å². The molecule has 1 fully saturated rings. The van der Waals surface area contributed by atoms with Crippen molar-refractivity contribution in [3.05, 3.63) is 0 Å². The fraction of sp³-hybridized carbons (Fsp3) is 0.333. The number of carbonyl (C=O) groups excluding carboxylic acids is 2. The fourth-order valence-electron chi connectivity index (χ4n) is 0.810. The summed E-state index contributed by atoms with van der Waals surface area (Å²) in [7, 11) is 0. The second-order valence-corrected chi connectivity index (χ2v) is 2.41. The molecular formula is C6H4O11. The molecule has 0 aliphatic carbocycles. The first-order valence-corrected chi connectivity index (χ1v) is 3.74. The highest BCUT2D eigenvalue weighted by molar-refractivity contribution is 5.78. The van der Waals surface area contributed by atoms with Crippen LogP contribution in [0.2, 0.25) is 0 Å². The molecule has 11 nitrogen and oxygen atoms in total. The Morgan fingerprint density at radius 2 is 1.65 bits per heavy atom. The molecule has 0 spiro atoms. The minimum Gasteiger partial charge on any atom is -0.450 e. The molecule has 17 heavy (non-hydrogen) atoms. The Morgan fingerprint density at radius 3 is 2.12 bits per heavy atom. The van der Waals surface area contributed by atoms with E-state index in [1.165, 1.54) is 0 Å². The van der Waals surface area contributed by atoms with Crippen LogP contribution in [0.5, 0.6) is 0 Å². The van der Waals surface area contributed by atoms with Crippen molar-refractivity contribution in [2.75, 3.05) is 6.61 Å². The summed E-state index contributed by atoms with van der Waals surface area (Å²) in [5.41, 5.74) is 0. The van der Waals surface area contributed by atoms with E-state index >= 15 is 0 Å². The molecule has 1 heterocycles. The lowest BCUT2D eigenvalue weighted by Crippen LogP contribution is -2.46. The van der Waals surface area contributed by atoms with Crippen molar-refractivity contribution >= 4 is 24.6 Å². The van der Waals surface area contributed by atoms with Crippen LogP contribution in [0.1, 0.15) is 0 Å². The van der Waals surface area contributed by atoms with Gasteiger partial charge in [-0.2, -0.15) is 0 Å². The lowest BCUT2D eigenvalue weighted by molar-refractivity contribution is -0.320. The molecule has 0 aromatic heterocycles. The van der Waals surface area contributed by atoms with Crippen LogP contribution in [0, 0.1) is 0 Å². The van der Waals surface area contributed by atoms with E-state index in [2.05, 4.69) is 23.7 Å². The molecular weight excluding hydrogens is 248 g/mol. The van der Waals surface area contributed by atoms with E-state index in [9.17, 15) is 19.2 Å². The van der Waals surface area contributed by atoms with E-state index in [1.807, 2.05) is 0 Å². The molecule has 1 saturated heterocycles. The third-order valence-electron chi connectivity index (χ3n) is 1.26. The molecule has 2 N–H and O–H groups in total. The second kappa shape index (κ2) is 4.42. The van der Waals surface area contributed by atoms with Crippen molar-refractivity contribution < 1.29 is 53.1 Å². The summed E-state index contributed by atoms with van der Waals surface area (Å²) < 4.78 is 19.8. The van der Waals surface area contributed by atoms with E-state index < -0.39 is 37.2 Å². The van der Waals surface area contributed by atoms with Crippen LogP contribution in [0.4, 0.5) is 19.2 Å². The van der Waals surface area contributed by atoms with E-state index in [0.717, 1.165) is 0 Å². The predicted octanol–water partition coefficient (Wildman–Crippen LogP) is 0.333. The van der Waals surface area contributed by atoms with Crippen LogP contribution >= 0.6 is 0 Å². The van der Waals surface area contributed by atoms with Gasteiger partial charge in [0.1, 0.15) is 0 Å². The zero-order valence-corrected chi connectivity index (χ0v) is 7.78. The fourth-order valence-corrected chi connectivity index (χ4v) is 0.810. The van der Waals surface area contributed by atoms with Crippen LogP contribution in [0.25, 0.3) is 0 Å². The van der Waals surface area contributed by atoms with Gasteiger partial charge in [0.05, 0.1) is 0 Å². The third kappa shape index (κ3) is 3.40. The lowest BCUT2D eigenvalue weighted by Gasteiger charge is -2.24. The van der Waals surface area contributed by atoms with Gasteiger partial charge in [0.2, 0.25) is 6.61 Å². The largest absolute Gasteiger partial charge is 0.524 e. The molecule has 0 radical (unpaired) electrons. The van der Waals surface area contributed by atoms with Gasteiger partial charge in [-0.15, -0.1) is 0 Å². The zero-order chi connectivity index (χ0) is 13.1. The van der Waals surface area contributed by atoms with Crippen molar-refractivity contribution in [2.24, 2.45) is 0 Å². The Balaban J connectivity index is 2.94. The molecule has 1 aliphatic rings. The quantitative estimate of drug-likeness (QED) is 0.396. The summed E-state index contributed by atoms with van der Waals surface area (Å²) in [5, 5.41) is 16.6. The predicted molar refractivity (Wildman–Crippen MR) is 39.9 cm³/mol. The minimum absolute atomic E-state index is 1.14. The lowest BCUT2D eigenvalue weighted by atomic mass is 10.6. The Morgan fingerprint density at radius 1 is 1.12 bits per heavy atom. The summed E-state index contributed by atoms with van der Waals surface area (Å²) in [6.45, 7) is -1.14. The number of carbonyl (C=O) groups is 4. The Labute approximate surface area is 91.4 Å². The number of carboxylic acid groups (broad SMARTS) is 2. The standard InChI is InChI=1S/C6H4O11/c7-2(8)15-6(16-3(9)10)1-13-4(11)14-5(12)17-6/h1H2,(H,7,8)(H,9,10). The number of cyclic esters (lactones) is 4. The Kier molecular flexibility index (Phi) is 3.21. The molecule has 0 atom stereocenters. The highest BCUT2D eigenvalue weighted by Gasteiger charge is 2.49. The maximum Gasteiger partial charge on any atom is 0.524 e. The molecule has 0 unspecified atom stereocenters. The van der Waals surface area contributed by atoms with Gasteiger partial charge < -0.3 is 33.9 Å². The smallest absolute Gasteiger partial charge is 0.450 e. The van der Waals surface area contributed by atoms with Gasteiger partial charge in [0.25, 0.3) is 0 Å². The maximum atomic E-state index is 10.8. The maximum absolute atomic E-state index is 10.8. The van der Waals surface area contributed by atoms with Crippen LogP contribution in [0.3, 0.4) is 0 Å². The number of hydrogen-bond acceptors (Lipinski definition) is 9. The molecule has 11 heteroatoms. The third-order valence-corrected chi connectivity index (χ3v) is 1.26. The SMILES string of the molecule is O=C(O)OC1(OC(=O)O)COC(=O)OC(=O)O1. The summed E-state index contributed by atoms with van der Waals surface area (Å²) >= 11 is 0. The average Bonchev–Trinajstić information content (AvgIpc) is 2.23. The molecule has 94 valence electrons. The molecule has 0 aromatic rings. The summed E-state index contributed by atoms with van der Waals surface area (Å²) in [6, 6.07) is 0. The van der Waals surface area contributed by atoms with Crippen LogP contribution in [-0.2, 0) is 23.7 Å². The van der Waals surface area contributed by atoms with Gasteiger partial charge in [-0.3, -0.25) is 0 Å². The minimum atomic E-state index is -2.96. The van der Waals surface area contributed by atoms with Crippen molar-refractivity contribution in [3.63, 3.8) is 0 Å². The van der Waals surface area contributed by atoms with Crippen molar-refractivity contribution in [1.82, 2.24) is 0 Å². The molecule has 0 saturated carbocycles. The Bertz CT molecular complexity index is 354. The van der Waals surface area contributed by atoms with E-state index in [-0.39, 0.29) is 0 Å². The highest BCUT2D eigenvalue weighted by Crippen LogP contribution is 2.21. The van der Waals surface area contributed by atoms with Gasteiger partial charge in [0, 0.05) is 0 Å². The van der Waals surface area contributed by atoms with Crippen LogP contribution in [-0.4, -0.2) is 47.4 Å². The first-order chi connectivity index (χ1) is 7.83. The van der Waals surface area contributed by atoms with Gasteiger partial charge >= 0.3 is 30.6 Å². The van der Waals surface area contributed by atoms with Crippen molar-refractivity contribution in [3.8, 4) is 0 Å². The van der Waals surface area contributed by atoms with Crippen molar-refractivity contribution in [1.29, 1.82) is 0 Å². The molecule has 1 rings (SSSR count). The number of rotatable bonds is 2. The van der Waals surface area contributed by atoms with Crippen LogP contribution in [0.15, 0.2) is 0 Å².